The topological polar surface area (TPSA) is 105 Å². The lowest BCUT2D eigenvalue weighted by Gasteiger charge is -2.35. The Morgan fingerprint density at radius 1 is 1.45 bits per heavy atom. The van der Waals surface area contributed by atoms with Gasteiger partial charge in [-0.2, -0.15) is 0 Å². The number of rotatable bonds is 6. The van der Waals surface area contributed by atoms with E-state index in [-0.39, 0.29) is 19.1 Å². The zero-order chi connectivity index (χ0) is 22.5. The highest BCUT2D eigenvalue weighted by atomic mass is 35.5. The Hall–Kier alpha value is -2.16. The third-order valence-corrected chi connectivity index (χ3v) is 7.07. The van der Waals surface area contributed by atoms with E-state index in [0.29, 0.717) is 23.6 Å². The van der Waals surface area contributed by atoms with Crippen LogP contribution < -0.4 is 5.32 Å². The number of hydrogen-bond donors (Lipinski definition) is 2. The SMILES string of the molecule is CCOC(=O)[C@@H]1[C@H]2C(=O)N([C@H](C)CO)C(C(=O)Nc3c(C)cccc3Cl)C23CC[C@H]1O3. The summed E-state index contributed by atoms with van der Waals surface area (Å²) in [6, 6.07) is 3.67. The molecule has 1 aromatic carbocycles. The summed E-state index contributed by atoms with van der Waals surface area (Å²) in [5, 5.41) is 13.1. The Labute approximate surface area is 185 Å². The number of hydrogen-bond acceptors (Lipinski definition) is 6. The predicted octanol–water partition coefficient (Wildman–Crippen LogP) is 1.91. The van der Waals surface area contributed by atoms with Crippen molar-refractivity contribution >= 4 is 35.1 Å². The Bertz CT molecular complexity index is 903. The smallest absolute Gasteiger partial charge is 0.312 e. The van der Waals surface area contributed by atoms with E-state index in [1.165, 1.54) is 4.90 Å². The minimum atomic E-state index is -1.14. The standard InChI is InChI=1S/C22H27ClN2O6/c1-4-30-21(29)15-14-8-9-22(31-14)16(15)20(28)25(12(3)10-26)18(22)19(27)24-17-11(2)6-5-7-13(17)23/h5-7,12,14-16,18,26H,4,8-10H2,1-3H3,(H,24,27)/t12-,14-,15+,16+,18?,22?/m1/s1. The van der Waals surface area contributed by atoms with Crippen LogP contribution in [-0.2, 0) is 23.9 Å². The second-order valence-electron chi connectivity index (χ2n) is 8.51. The number of aryl methyl sites for hydroxylation is 1. The van der Waals surface area contributed by atoms with Gasteiger partial charge in [-0.25, -0.2) is 0 Å². The minimum absolute atomic E-state index is 0.197. The van der Waals surface area contributed by atoms with Gasteiger partial charge >= 0.3 is 5.97 Å². The summed E-state index contributed by atoms with van der Waals surface area (Å²) < 4.78 is 11.5. The number of fused-ring (bicyclic) bond motifs is 1. The Kier molecular flexibility index (Phi) is 5.74. The van der Waals surface area contributed by atoms with Crippen molar-refractivity contribution in [1.82, 2.24) is 4.90 Å². The van der Waals surface area contributed by atoms with Gasteiger partial charge in [-0.1, -0.05) is 23.7 Å². The van der Waals surface area contributed by atoms with Gasteiger partial charge in [0.05, 0.1) is 47.9 Å². The maximum Gasteiger partial charge on any atom is 0.312 e. The first-order valence-corrected chi connectivity index (χ1v) is 11.0. The van der Waals surface area contributed by atoms with Crippen LogP contribution in [0.5, 0.6) is 0 Å². The van der Waals surface area contributed by atoms with Gasteiger partial charge in [0.15, 0.2) is 0 Å². The maximum atomic E-state index is 13.6. The van der Waals surface area contributed by atoms with Crippen molar-refractivity contribution in [2.75, 3.05) is 18.5 Å². The number of aliphatic hydroxyl groups is 1. The van der Waals surface area contributed by atoms with E-state index in [1.807, 2.05) is 13.0 Å². The number of benzene rings is 1. The van der Waals surface area contributed by atoms with Crippen LogP contribution >= 0.6 is 11.6 Å². The third-order valence-electron chi connectivity index (χ3n) is 6.75. The third kappa shape index (κ3) is 3.23. The zero-order valence-electron chi connectivity index (χ0n) is 17.8. The molecule has 0 radical (unpaired) electrons. The number of halogens is 1. The second kappa shape index (κ2) is 8.07. The van der Waals surface area contributed by atoms with E-state index in [4.69, 9.17) is 21.1 Å². The van der Waals surface area contributed by atoms with Gasteiger partial charge in [0.1, 0.15) is 11.6 Å². The fourth-order valence-corrected chi connectivity index (χ4v) is 5.71. The van der Waals surface area contributed by atoms with Crippen LogP contribution in [0.3, 0.4) is 0 Å². The molecule has 9 heteroatoms. The van der Waals surface area contributed by atoms with Crippen LogP contribution in [0.1, 0.15) is 32.3 Å². The average molecular weight is 451 g/mol. The molecule has 8 nitrogen and oxygen atoms in total. The molecule has 0 aromatic heterocycles. The number of carbonyl (C=O) groups excluding carboxylic acids is 3. The number of esters is 1. The fraction of sp³-hybridized carbons (Fsp3) is 0.591. The number of nitrogens with zero attached hydrogens (tertiary/aromatic N) is 1. The molecule has 3 aliphatic heterocycles. The molecule has 1 spiro atoms. The van der Waals surface area contributed by atoms with Gasteiger partial charge in [-0.3, -0.25) is 14.4 Å². The van der Waals surface area contributed by atoms with E-state index in [0.717, 1.165) is 5.56 Å². The first-order chi connectivity index (χ1) is 14.8. The van der Waals surface area contributed by atoms with Crippen molar-refractivity contribution in [3.63, 3.8) is 0 Å². The number of likely N-dealkylation sites (tertiary alicyclic amines) is 1. The summed E-state index contributed by atoms with van der Waals surface area (Å²) in [5.41, 5.74) is 0.108. The van der Waals surface area contributed by atoms with Crippen molar-refractivity contribution in [3.8, 4) is 0 Å². The first kappa shape index (κ1) is 22.0. The monoisotopic (exact) mass is 450 g/mol. The molecule has 3 aliphatic rings. The fourth-order valence-electron chi connectivity index (χ4n) is 5.44. The minimum Gasteiger partial charge on any atom is -0.466 e. The molecular formula is C22H27ClN2O6. The number of nitrogens with one attached hydrogen (secondary N) is 1. The van der Waals surface area contributed by atoms with E-state index in [9.17, 15) is 19.5 Å². The number of carbonyl (C=O) groups is 3. The van der Waals surface area contributed by atoms with Crippen LogP contribution in [0.15, 0.2) is 18.2 Å². The molecule has 1 aromatic rings. The van der Waals surface area contributed by atoms with E-state index >= 15 is 0 Å². The molecule has 2 amide bonds. The Morgan fingerprint density at radius 2 is 2.19 bits per heavy atom. The summed E-state index contributed by atoms with van der Waals surface area (Å²) in [6.45, 7) is 5.08. The quantitative estimate of drug-likeness (QED) is 0.641. The molecule has 31 heavy (non-hydrogen) atoms. The Balaban J connectivity index is 1.74. The summed E-state index contributed by atoms with van der Waals surface area (Å²) in [5.74, 6) is -2.86. The molecule has 0 saturated carbocycles. The van der Waals surface area contributed by atoms with Crippen LogP contribution in [0, 0.1) is 18.8 Å². The normalized spacial score (nSPS) is 32.2. The number of aliphatic hydroxyl groups excluding tert-OH is 1. The van der Waals surface area contributed by atoms with Gasteiger partial charge in [0.2, 0.25) is 11.8 Å². The van der Waals surface area contributed by atoms with Crippen LogP contribution in [-0.4, -0.2) is 64.8 Å². The van der Waals surface area contributed by atoms with Gasteiger partial charge in [-0.05, 0) is 45.2 Å². The predicted molar refractivity (Wildman–Crippen MR) is 112 cm³/mol. The number of amides is 2. The van der Waals surface area contributed by atoms with Crippen molar-refractivity contribution in [2.24, 2.45) is 11.8 Å². The van der Waals surface area contributed by atoms with Crippen molar-refractivity contribution in [2.45, 2.75) is 57.4 Å². The summed E-state index contributed by atoms with van der Waals surface area (Å²) >= 11 is 6.30. The van der Waals surface area contributed by atoms with Crippen LogP contribution in [0.25, 0.3) is 0 Å². The molecule has 2 unspecified atom stereocenters. The summed E-state index contributed by atoms with van der Waals surface area (Å²) in [4.78, 5) is 41.2. The van der Waals surface area contributed by atoms with Gasteiger partial charge in [0, 0.05) is 0 Å². The summed E-state index contributed by atoms with van der Waals surface area (Å²) in [6.07, 6.45) is 0.568. The first-order valence-electron chi connectivity index (χ1n) is 10.6. The van der Waals surface area contributed by atoms with E-state index < -0.39 is 47.5 Å². The average Bonchev–Trinajstić information content (AvgIpc) is 3.37. The van der Waals surface area contributed by atoms with Gasteiger partial charge in [-0.15, -0.1) is 0 Å². The summed E-state index contributed by atoms with van der Waals surface area (Å²) in [7, 11) is 0. The van der Waals surface area contributed by atoms with Crippen LogP contribution in [0.2, 0.25) is 5.02 Å². The van der Waals surface area contributed by atoms with Crippen molar-refractivity contribution in [3.05, 3.63) is 28.8 Å². The highest BCUT2D eigenvalue weighted by molar-refractivity contribution is 6.34. The maximum absolute atomic E-state index is 13.6. The molecule has 168 valence electrons. The van der Waals surface area contributed by atoms with Crippen molar-refractivity contribution in [1.29, 1.82) is 0 Å². The lowest BCUT2D eigenvalue weighted by atomic mass is 9.70. The highest BCUT2D eigenvalue weighted by Crippen LogP contribution is 2.59. The number of anilines is 1. The van der Waals surface area contributed by atoms with Crippen LogP contribution in [0.4, 0.5) is 5.69 Å². The van der Waals surface area contributed by atoms with Gasteiger partial charge < -0.3 is 24.8 Å². The van der Waals surface area contributed by atoms with E-state index in [1.54, 1.807) is 26.0 Å². The molecule has 4 rings (SSSR count). The molecule has 3 saturated heterocycles. The zero-order valence-corrected chi connectivity index (χ0v) is 18.5. The largest absolute Gasteiger partial charge is 0.466 e. The van der Waals surface area contributed by atoms with Crippen molar-refractivity contribution < 1.29 is 29.0 Å². The molecular weight excluding hydrogens is 424 g/mol. The Morgan fingerprint density at radius 3 is 2.84 bits per heavy atom. The molecule has 6 atom stereocenters. The molecule has 3 fully saturated rings. The highest BCUT2D eigenvalue weighted by Gasteiger charge is 2.75. The number of ether oxygens (including phenoxy) is 2. The van der Waals surface area contributed by atoms with E-state index in [2.05, 4.69) is 5.32 Å². The molecule has 3 heterocycles. The van der Waals surface area contributed by atoms with Gasteiger partial charge in [0.25, 0.3) is 0 Å². The molecule has 2 bridgehead atoms. The number of para-hydroxylation sites is 1. The second-order valence-corrected chi connectivity index (χ2v) is 8.91. The lowest BCUT2D eigenvalue weighted by molar-refractivity contribution is -0.155. The molecule has 0 aliphatic carbocycles. The lowest BCUT2D eigenvalue weighted by Crippen LogP contribution is -2.55. The molecule has 2 N–H and O–H groups in total.